The Hall–Kier alpha value is -0.710. The second-order valence-electron chi connectivity index (χ2n) is 4.80. The molecule has 18 heavy (non-hydrogen) atoms. The topological polar surface area (TPSA) is 51.3 Å². The Balaban J connectivity index is 0.00000162. The van der Waals surface area contributed by atoms with Crippen LogP contribution < -0.4 is 5.73 Å². The van der Waals surface area contributed by atoms with Crippen LogP contribution in [0.5, 0.6) is 0 Å². The summed E-state index contributed by atoms with van der Waals surface area (Å²) >= 11 is 5.90. The normalized spacial score (nSPS) is 23.0. The van der Waals surface area contributed by atoms with E-state index >= 15 is 0 Å². The number of rotatable bonds is 2. The van der Waals surface area contributed by atoms with Gasteiger partial charge in [0.25, 0.3) is 5.91 Å². The van der Waals surface area contributed by atoms with E-state index in [1.54, 1.807) is 16.8 Å². The molecule has 0 spiro atoms. The van der Waals surface area contributed by atoms with Gasteiger partial charge in [-0.3, -0.25) is 4.79 Å². The molecule has 2 unspecified atom stereocenters. The van der Waals surface area contributed by atoms with Gasteiger partial charge in [-0.1, -0.05) is 11.6 Å². The van der Waals surface area contributed by atoms with Crippen molar-refractivity contribution in [2.45, 2.75) is 19.4 Å². The fraction of sp³-hybridized carbons (Fsp3) is 0.583. The van der Waals surface area contributed by atoms with Gasteiger partial charge < -0.3 is 15.2 Å². The Morgan fingerprint density at radius 2 is 2.28 bits per heavy atom. The Labute approximate surface area is 118 Å². The first-order valence-electron chi connectivity index (χ1n) is 5.85. The number of nitrogens with two attached hydrogens (primary N) is 1. The van der Waals surface area contributed by atoms with E-state index in [0.717, 1.165) is 13.0 Å². The van der Waals surface area contributed by atoms with Crippen molar-refractivity contribution in [2.75, 3.05) is 13.1 Å². The van der Waals surface area contributed by atoms with Crippen molar-refractivity contribution in [1.29, 1.82) is 0 Å². The van der Waals surface area contributed by atoms with E-state index in [9.17, 15) is 4.79 Å². The summed E-state index contributed by atoms with van der Waals surface area (Å²) in [5.74, 6) is 0.465. The maximum absolute atomic E-state index is 12.4. The molecule has 0 bridgehead atoms. The Morgan fingerprint density at radius 1 is 1.61 bits per heavy atom. The van der Waals surface area contributed by atoms with E-state index in [0.29, 0.717) is 23.2 Å². The van der Waals surface area contributed by atoms with Crippen LogP contribution in [0.4, 0.5) is 0 Å². The molecule has 1 fully saturated rings. The molecule has 0 radical (unpaired) electrons. The van der Waals surface area contributed by atoms with Gasteiger partial charge in [0.1, 0.15) is 5.69 Å². The predicted octanol–water partition coefficient (Wildman–Crippen LogP) is 1.91. The molecule has 1 saturated heterocycles. The van der Waals surface area contributed by atoms with E-state index in [4.69, 9.17) is 17.3 Å². The van der Waals surface area contributed by atoms with Crippen molar-refractivity contribution in [3.8, 4) is 0 Å². The zero-order valence-corrected chi connectivity index (χ0v) is 12.2. The molecule has 2 heterocycles. The van der Waals surface area contributed by atoms with E-state index in [2.05, 4.69) is 6.92 Å². The number of carbonyl (C=O) groups excluding carboxylic acids is 1. The van der Waals surface area contributed by atoms with Crippen LogP contribution in [0.3, 0.4) is 0 Å². The Bertz CT molecular complexity index is 433. The van der Waals surface area contributed by atoms with Gasteiger partial charge >= 0.3 is 0 Å². The highest BCUT2D eigenvalue weighted by molar-refractivity contribution is 6.31. The summed E-state index contributed by atoms with van der Waals surface area (Å²) in [6.07, 6.45) is 2.73. The number of aromatic nitrogens is 1. The van der Waals surface area contributed by atoms with Gasteiger partial charge in [-0.2, -0.15) is 0 Å². The molecule has 1 aromatic rings. The highest BCUT2D eigenvalue weighted by Crippen LogP contribution is 2.25. The van der Waals surface area contributed by atoms with Gasteiger partial charge in [0.15, 0.2) is 0 Å². The average molecular weight is 292 g/mol. The molecular formula is C12H19Cl2N3O. The highest BCUT2D eigenvalue weighted by Gasteiger charge is 2.33. The van der Waals surface area contributed by atoms with Crippen molar-refractivity contribution in [1.82, 2.24) is 9.47 Å². The number of amides is 1. The first-order valence-corrected chi connectivity index (χ1v) is 6.23. The number of nitrogens with zero attached hydrogens (tertiary/aromatic N) is 2. The van der Waals surface area contributed by atoms with E-state index in [1.807, 2.05) is 11.9 Å². The van der Waals surface area contributed by atoms with Gasteiger partial charge in [0, 0.05) is 25.8 Å². The fourth-order valence-electron chi connectivity index (χ4n) is 2.48. The summed E-state index contributed by atoms with van der Waals surface area (Å²) in [5, 5.41) is 0.595. The van der Waals surface area contributed by atoms with Crippen molar-refractivity contribution in [3.05, 3.63) is 23.0 Å². The molecule has 1 aromatic heterocycles. The lowest BCUT2D eigenvalue weighted by molar-refractivity contribution is 0.0734. The summed E-state index contributed by atoms with van der Waals surface area (Å²) in [6, 6.07) is 1.97. The van der Waals surface area contributed by atoms with Gasteiger partial charge in [0.05, 0.1) is 5.02 Å². The predicted molar refractivity (Wildman–Crippen MR) is 75.3 cm³/mol. The molecule has 102 valence electrons. The number of likely N-dealkylation sites (tertiary alicyclic amines) is 1. The van der Waals surface area contributed by atoms with Crippen LogP contribution >= 0.6 is 24.0 Å². The Morgan fingerprint density at radius 3 is 2.72 bits per heavy atom. The second-order valence-corrected chi connectivity index (χ2v) is 5.23. The van der Waals surface area contributed by atoms with Crippen LogP contribution in [0, 0.1) is 5.92 Å². The third kappa shape index (κ3) is 2.82. The number of carbonyl (C=O) groups is 1. The van der Waals surface area contributed by atoms with Crippen LogP contribution in [-0.4, -0.2) is 34.5 Å². The van der Waals surface area contributed by atoms with E-state index < -0.39 is 0 Å². The van der Waals surface area contributed by atoms with Crippen LogP contribution in [0.2, 0.25) is 5.02 Å². The monoisotopic (exact) mass is 291 g/mol. The van der Waals surface area contributed by atoms with E-state index in [-0.39, 0.29) is 24.4 Å². The lowest BCUT2D eigenvalue weighted by Crippen LogP contribution is -2.35. The third-order valence-corrected chi connectivity index (χ3v) is 3.65. The number of hydrogen-bond acceptors (Lipinski definition) is 2. The minimum atomic E-state index is 0. The lowest BCUT2D eigenvalue weighted by atomic mass is 10.1. The zero-order valence-electron chi connectivity index (χ0n) is 10.6. The standard InChI is InChI=1S/C12H18ClN3O.ClH/c1-8-3-9(5-14)6-16(8)12(17)11-4-10(13)7-15(11)2;/h4,7-9H,3,5-6,14H2,1-2H3;1H. The molecule has 2 N–H and O–H groups in total. The molecule has 6 heteroatoms. The van der Waals surface area contributed by atoms with Crippen LogP contribution in [0.15, 0.2) is 12.3 Å². The van der Waals surface area contributed by atoms with Gasteiger partial charge in [-0.05, 0) is 31.9 Å². The Kier molecular flexibility index (Phi) is 5.08. The molecule has 1 aliphatic rings. The SMILES string of the molecule is CC1CC(CN)CN1C(=O)c1cc(Cl)cn1C.Cl. The van der Waals surface area contributed by atoms with E-state index in [1.165, 1.54) is 0 Å². The summed E-state index contributed by atoms with van der Waals surface area (Å²) in [5.41, 5.74) is 6.31. The fourth-order valence-corrected chi connectivity index (χ4v) is 2.73. The molecule has 0 aromatic carbocycles. The number of halogens is 2. The van der Waals surface area contributed by atoms with Crippen molar-refractivity contribution >= 4 is 29.9 Å². The van der Waals surface area contributed by atoms with Crippen LogP contribution in [0.25, 0.3) is 0 Å². The maximum atomic E-state index is 12.4. The van der Waals surface area contributed by atoms with Crippen molar-refractivity contribution < 1.29 is 4.79 Å². The largest absolute Gasteiger partial charge is 0.345 e. The van der Waals surface area contributed by atoms with Crippen molar-refractivity contribution in [3.63, 3.8) is 0 Å². The van der Waals surface area contributed by atoms with Crippen molar-refractivity contribution in [2.24, 2.45) is 18.7 Å². The third-order valence-electron chi connectivity index (χ3n) is 3.45. The highest BCUT2D eigenvalue weighted by atomic mass is 35.5. The molecule has 2 rings (SSSR count). The summed E-state index contributed by atoms with van der Waals surface area (Å²) in [6.45, 7) is 3.46. The van der Waals surface area contributed by atoms with Crippen LogP contribution in [0.1, 0.15) is 23.8 Å². The number of aryl methyl sites for hydroxylation is 1. The molecule has 4 nitrogen and oxygen atoms in total. The lowest BCUT2D eigenvalue weighted by Gasteiger charge is -2.21. The molecule has 0 saturated carbocycles. The van der Waals surface area contributed by atoms with Gasteiger partial charge in [-0.25, -0.2) is 0 Å². The molecule has 1 amide bonds. The smallest absolute Gasteiger partial charge is 0.270 e. The first-order chi connectivity index (χ1) is 8.02. The molecular weight excluding hydrogens is 273 g/mol. The van der Waals surface area contributed by atoms with Gasteiger partial charge in [0.2, 0.25) is 0 Å². The van der Waals surface area contributed by atoms with Gasteiger partial charge in [-0.15, -0.1) is 12.4 Å². The molecule has 0 aliphatic carbocycles. The second kappa shape index (κ2) is 5.95. The minimum absolute atomic E-state index is 0. The summed E-state index contributed by atoms with van der Waals surface area (Å²) < 4.78 is 1.77. The quantitative estimate of drug-likeness (QED) is 0.905. The minimum Gasteiger partial charge on any atom is -0.345 e. The average Bonchev–Trinajstić information content (AvgIpc) is 2.81. The summed E-state index contributed by atoms with van der Waals surface area (Å²) in [7, 11) is 1.83. The molecule has 2 atom stereocenters. The summed E-state index contributed by atoms with van der Waals surface area (Å²) in [4.78, 5) is 14.3. The molecule has 1 aliphatic heterocycles. The number of hydrogen-bond donors (Lipinski definition) is 1. The van der Waals surface area contributed by atoms with Crippen LogP contribution in [-0.2, 0) is 7.05 Å². The first kappa shape index (κ1) is 15.3. The zero-order chi connectivity index (χ0) is 12.6. The maximum Gasteiger partial charge on any atom is 0.270 e.